The van der Waals surface area contributed by atoms with Crippen LogP contribution in [0.1, 0.15) is 53.0 Å². The number of aromatic nitrogens is 2. The van der Waals surface area contributed by atoms with Gasteiger partial charge in [-0.15, -0.1) is 0 Å². The average Bonchev–Trinajstić information content (AvgIpc) is 3.25. The Hall–Kier alpha value is -3.21. The molecule has 4 rings (SSSR count). The van der Waals surface area contributed by atoms with Crippen LogP contribution < -0.4 is 0 Å². The summed E-state index contributed by atoms with van der Waals surface area (Å²) in [6.45, 7) is 8.89. The van der Waals surface area contributed by atoms with E-state index < -0.39 is 5.54 Å². The van der Waals surface area contributed by atoms with Crippen molar-refractivity contribution >= 4 is 11.6 Å². The summed E-state index contributed by atoms with van der Waals surface area (Å²) in [5, 5.41) is 10.8. The van der Waals surface area contributed by atoms with Crippen LogP contribution in [0.4, 0.5) is 0 Å². The average molecular weight is 386 g/mol. The molecule has 5 heteroatoms. The highest BCUT2D eigenvalue weighted by Gasteiger charge is 2.39. The van der Waals surface area contributed by atoms with Crippen molar-refractivity contribution in [1.82, 2.24) is 14.8 Å². The molecule has 0 bridgehead atoms. The Morgan fingerprint density at radius 1 is 1.03 bits per heavy atom. The summed E-state index contributed by atoms with van der Waals surface area (Å²) in [6, 6.07) is 18.3. The maximum atomic E-state index is 13.2. The Labute approximate surface area is 171 Å². The van der Waals surface area contributed by atoms with Crippen molar-refractivity contribution in [2.75, 3.05) is 0 Å². The molecule has 0 radical (unpaired) electrons. The van der Waals surface area contributed by atoms with Gasteiger partial charge in [-0.2, -0.15) is 10.2 Å². The third-order valence-corrected chi connectivity index (χ3v) is 5.19. The first-order chi connectivity index (χ1) is 13.8. The zero-order valence-corrected chi connectivity index (χ0v) is 17.4. The number of aryl methyl sites for hydroxylation is 2. The maximum absolute atomic E-state index is 13.2. The van der Waals surface area contributed by atoms with E-state index >= 15 is 0 Å². The van der Waals surface area contributed by atoms with E-state index in [1.807, 2.05) is 50.4 Å². The van der Waals surface area contributed by atoms with E-state index in [1.54, 1.807) is 15.8 Å². The van der Waals surface area contributed by atoms with Gasteiger partial charge in [-0.3, -0.25) is 9.48 Å². The fourth-order valence-electron chi connectivity index (χ4n) is 3.84. The molecule has 0 spiro atoms. The zero-order chi connectivity index (χ0) is 20.6. The van der Waals surface area contributed by atoms with Crippen molar-refractivity contribution in [2.45, 2.75) is 46.2 Å². The summed E-state index contributed by atoms with van der Waals surface area (Å²) in [6.07, 6.45) is 2.56. The summed E-state index contributed by atoms with van der Waals surface area (Å²) in [7, 11) is 0. The Bertz CT molecular complexity index is 1060. The lowest BCUT2D eigenvalue weighted by atomic mass is 9.93. The van der Waals surface area contributed by atoms with Crippen molar-refractivity contribution in [3.05, 3.63) is 88.7 Å². The van der Waals surface area contributed by atoms with Gasteiger partial charge in [0.1, 0.15) is 0 Å². The molecule has 0 saturated carbocycles. The van der Waals surface area contributed by atoms with Gasteiger partial charge in [-0.05, 0) is 44.9 Å². The minimum Gasteiger partial charge on any atom is -0.268 e. The molecule has 29 heavy (non-hydrogen) atoms. The van der Waals surface area contributed by atoms with E-state index in [2.05, 4.69) is 37.1 Å². The van der Waals surface area contributed by atoms with Crippen LogP contribution in [-0.2, 0) is 6.54 Å². The van der Waals surface area contributed by atoms with E-state index in [4.69, 9.17) is 5.10 Å². The van der Waals surface area contributed by atoms with Crippen molar-refractivity contribution < 1.29 is 4.79 Å². The van der Waals surface area contributed by atoms with Gasteiger partial charge >= 0.3 is 0 Å². The van der Waals surface area contributed by atoms with Crippen LogP contribution in [0.5, 0.6) is 0 Å². The maximum Gasteiger partial charge on any atom is 0.294 e. The van der Waals surface area contributed by atoms with E-state index in [0.717, 1.165) is 16.8 Å². The van der Waals surface area contributed by atoms with Crippen LogP contribution in [0.3, 0.4) is 0 Å². The number of carbonyl (C=O) groups is 1. The van der Waals surface area contributed by atoms with Crippen molar-refractivity contribution in [3.63, 3.8) is 0 Å². The number of carbonyl (C=O) groups excluding carboxylic acids is 1. The van der Waals surface area contributed by atoms with Crippen molar-refractivity contribution in [1.29, 1.82) is 0 Å². The molecule has 2 heterocycles. The van der Waals surface area contributed by atoms with Crippen molar-refractivity contribution in [2.24, 2.45) is 5.10 Å². The summed E-state index contributed by atoms with van der Waals surface area (Å²) in [5.74, 6) is -0.166. The van der Waals surface area contributed by atoms with Crippen LogP contribution in [-0.4, -0.2) is 31.9 Å². The molecule has 3 aromatic rings. The first-order valence-electron chi connectivity index (χ1n) is 9.90. The number of benzene rings is 2. The van der Waals surface area contributed by atoms with Crippen LogP contribution in [0.25, 0.3) is 0 Å². The Kier molecular flexibility index (Phi) is 4.82. The van der Waals surface area contributed by atoms with Gasteiger partial charge < -0.3 is 0 Å². The first-order valence-corrected chi connectivity index (χ1v) is 9.90. The molecule has 0 saturated heterocycles. The summed E-state index contributed by atoms with van der Waals surface area (Å²) in [4.78, 5) is 13.2. The fourth-order valence-corrected chi connectivity index (χ4v) is 3.84. The quantitative estimate of drug-likeness (QED) is 0.659. The largest absolute Gasteiger partial charge is 0.294 e. The molecule has 0 aliphatic carbocycles. The van der Waals surface area contributed by atoms with Crippen LogP contribution in [0.15, 0.2) is 65.9 Å². The minimum atomic E-state index is -0.396. The number of hydrogen-bond acceptors (Lipinski definition) is 3. The van der Waals surface area contributed by atoms with Gasteiger partial charge in [0.05, 0.1) is 17.8 Å². The molecule has 0 unspecified atom stereocenters. The lowest BCUT2D eigenvalue weighted by Gasteiger charge is -2.27. The van der Waals surface area contributed by atoms with E-state index in [1.165, 1.54) is 11.1 Å². The van der Waals surface area contributed by atoms with Gasteiger partial charge in [0.15, 0.2) is 5.69 Å². The fraction of sp³-hybridized carbons (Fsp3) is 0.292. The molecule has 5 nitrogen and oxygen atoms in total. The predicted octanol–water partition coefficient (Wildman–Crippen LogP) is 4.58. The second-order valence-electron chi connectivity index (χ2n) is 8.41. The SMILES string of the molecule is Cc1cc(C)cc(C2=NN(C(=O)c3ccn(Cc4ccccc4)n3)C(C)(C)C2)c1. The topological polar surface area (TPSA) is 50.5 Å². The molecule has 148 valence electrons. The van der Waals surface area contributed by atoms with Crippen molar-refractivity contribution in [3.8, 4) is 0 Å². The molecule has 1 amide bonds. The van der Waals surface area contributed by atoms with Gasteiger partial charge in [0.25, 0.3) is 5.91 Å². The van der Waals surface area contributed by atoms with Crippen LogP contribution in [0.2, 0.25) is 0 Å². The Morgan fingerprint density at radius 3 is 2.41 bits per heavy atom. The number of nitrogens with zero attached hydrogens (tertiary/aromatic N) is 4. The predicted molar refractivity (Wildman–Crippen MR) is 115 cm³/mol. The molecule has 0 N–H and O–H groups in total. The molecule has 1 aliphatic rings. The summed E-state index contributed by atoms with van der Waals surface area (Å²) >= 11 is 0. The monoisotopic (exact) mass is 386 g/mol. The highest BCUT2D eigenvalue weighted by molar-refractivity contribution is 6.05. The second kappa shape index (κ2) is 7.32. The minimum absolute atomic E-state index is 0.166. The number of amides is 1. The number of hydrogen-bond donors (Lipinski definition) is 0. The van der Waals surface area contributed by atoms with Gasteiger partial charge in [0.2, 0.25) is 0 Å². The number of hydrazone groups is 1. The molecular formula is C24H26N4O. The van der Waals surface area contributed by atoms with Gasteiger partial charge in [-0.1, -0.05) is 59.7 Å². The lowest BCUT2D eigenvalue weighted by Crippen LogP contribution is -2.41. The summed E-state index contributed by atoms with van der Waals surface area (Å²) in [5.41, 5.74) is 5.59. The molecule has 0 atom stereocenters. The van der Waals surface area contributed by atoms with E-state index in [-0.39, 0.29) is 5.91 Å². The molecule has 0 fully saturated rings. The highest BCUT2D eigenvalue weighted by atomic mass is 16.2. The van der Waals surface area contributed by atoms with Gasteiger partial charge in [0, 0.05) is 12.6 Å². The summed E-state index contributed by atoms with van der Waals surface area (Å²) < 4.78 is 1.79. The lowest BCUT2D eigenvalue weighted by molar-refractivity contribution is 0.0605. The highest BCUT2D eigenvalue weighted by Crippen LogP contribution is 2.31. The molecule has 1 aliphatic heterocycles. The van der Waals surface area contributed by atoms with E-state index in [0.29, 0.717) is 18.7 Å². The first kappa shape index (κ1) is 19.1. The Balaban J connectivity index is 1.58. The molecular weight excluding hydrogens is 360 g/mol. The second-order valence-corrected chi connectivity index (χ2v) is 8.41. The number of rotatable bonds is 4. The van der Waals surface area contributed by atoms with Crippen LogP contribution in [0, 0.1) is 13.8 Å². The molecule has 1 aromatic heterocycles. The smallest absolute Gasteiger partial charge is 0.268 e. The van der Waals surface area contributed by atoms with Gasteiger partial charge in [-0.25, -0.2) is 5.01 Å². The van der Waals surface area contributed by atoms with Crippen LogP contribution >= 0.6 is 0 Å². The normalized spacial score (nSPS) is 15.4. The third kappa shape index (κ3) is 3.99. The van der Waals surface area contributed by atoms with E-state index in [9.17, 15) is 4.79 Å². The molecule has 2 aromatic carbocycles. The zero-order valence-electron chi connectivity index (χ0n) is 17.4. The third-order valence-electron chi connectivity index (χ3n) is 5.19. The Morgan fingerprint density at radius 2 is 1.72 bits per heavy atom. The standard InChI is InChI=1S/C24H26N4O/c1-17-12-18(2)14-20(13-17)22-15-24(3,4)28(26-22)23(29)21-10-11-27(25-21)16-19-8-6-5-7-9-19/h5-14H,15-16H2,1-4H3.